The van der Waals surface area contributed by atoms with Gasteiger partial charge in [0, 0.05) is 27.3 Å². The SMILES string of the molecule is ON=C(NBr)NN=C(c1ccccc1)c1ccccc1. The predicted octanol–water partition coefficient (Wildman–Crippen LogP) is 2.67. The zero-order chi connectivity index (χ0) is 14.2. The Kier molecular flexibility index (Phi) is 5.14. The highest BCUT2D eigenvalue weighted by molar-refractivity contribution is 9.08. The number of benzene rings is 2. The fourth-order valence-electron chi connectivity index (χ4n) is 1.66. The Bertz CT molecular complexity index is 558. The summed E-state index contributed by atoms with van der Waals surface area (Å²) < 4.78 is 2.50. The Morgan fingerprint density at radius 2 is 1.40 bits per heavy atom. The molecule has 20 heavy (non-hydrogen) atoms. The highest BCUT2D eigenvalue weighted by atomic mass is 79.9. The van der Waals surface area contributed by atoms with Crippen molar-refractivity contribution in [2.45, 2.75) is 0 Å². The van der Waals surface area contributed by atoms with Gasteiger partial charge in [-0.2, -0.15) is 5.10 Å². The van der Waals surface area contributed by atoms with Crippen molar-refractivity contribution in [2.24, 2.45) is 10.3 Å². The Labute approximate surface area is 125 Å². The molecule has 0 saturated heterocycles. The molecule has 0 bridgehead atoms. The van der Waals surface area contributed by atoms with E-state index in [1.54, 1.807) is 0 Å². The third-order valence-corrected chi connectivity index (χ3v) is 2.93. The average molecular weight is 333 g/mol. The molecule has 0 atom stereocenters. The summed E-state index contributed by atoms with van der Waals surface area (Å²) >= 11 is 2.97. The Morgan fingerprint density at radius 1 is 0.900 bits per heavy atom. The summed E-state index contributed by atoms with van der Waals surface area (Å²) in [5, 5.41) is 16.0. The van der Waals surface area contributed by atoms with E-state index in [4.69, 9.17) is 5.21 Å². The van der Waals surface area contributed by atoms with Crippen LogP contribution in [-0.4, -0.2) is 16.9 Å². The van der Waals surface area contributed by atoms with Gasteiger partial charge in [-0.05, 0) is 5.16 Å². The van der Waals surface area contributed by atoms with Gasteiger partial charge in [0.25, 0.3) is 5.96 Å². The van der Waals surface area contributed by atoms with Gasteiger partial charge < -0.3 is 5.21 Å². The van der Waals surface area contributed by atoms with Crippen LogP contribution < -0.4 is 9.77 Å². The van der Waals surface area contributed by atoms with E-state index in [2.05, 4.69) is 36.2 Å². The standard InChI is InChI=1S/C14H13BrN4O/c15-16-14(19-20)18-17-13(11-7-3-1-4-8-11)12-9-5-2-6-10-12/h1-10,20H,(H2,16,18,19). The number of hydrogen-bond acceptors (Lipinski definition) is 3. The van der Waals surface area contributed by atoms with Gasteiger partial charge in [0.1, 0.15) is 0 Å². The van der Waals surface area contributed by atoms with Crippen LogP contribution in [0.1, 0.15) is 11.1 Å². The molecule has 0 aliphatic carbocycles. The molecule has 2 aromatic carbocycles. The molecule has 0 aliphatic heterocycles. The van der Waals surface area contributed by atoms with E-state index in [0.717, 1.165) is 16.8 Å². The summed E-state index contributed by atoms with van der Waals surface area (Å²) in [6, 6.07) is 19.5. The molecule has 0 unspecified atom stereocenters. The summed E-state index contributed by atoms with van der Waals surface area (Å²) in [5.74, 6) is 0.0920. The van der Waals surface area contributed by atoms with E-state index in [-0.39, 0.29) is 5.96 Å². The first-order chi connectivity index (χ1) is 9.85. The fourth-order valence-corrected chi connectivity index (χ4v) is 1.83. The lowest BCUT2D eigenvalue weighted by Gasteiger charge is -2.08. The number of oxime groups is 1. The molecule has 2 aromatic rings. The van der Waals surface area contributed by atoms with Gasteiger partial charge in [0.2, 0.25) is 0 Å². The maximum Gasteiger partial charge on any atom is 0.263 e. The second-order valence-corrected chi connectivity index (χ2v) is 4.24. The highest BCUT2D eigenvalue weighted by Gasteiger charge is 2.06. The molecule has 0 aliphatic rings. The Morgan fingerprint density at radius 3 is 1.80 bits per heavy atom. The van der Waals surface area contributed by atoms with Crippen molar-refractivity contribution in [3.8, 4) is 0 Å². The first-order valence-electron chi connectivity index (χ1n) is 5.88. The first kappa shape index (κ1) is 14.1. The van der Waals surface area contributed by atoms with E-state index in [1.165, 1.54) is 0 Å². The molecule has 0 spiro atoms. The molecular weight excluding hydrogens is 320 g/mol. The number of hydrogen-bond donors (Lipinski definition) is 3. The molecule has 6 heteroatoms. The largest absolute Gasteiger partial charge is 0.408 e. The van der Waals surface area contributed by atoms with Crippen molar-refractivity contribution in [2.75, 3.05) is 0 Å². The molecule has 0 saturated carbocycles. The van der Waals surface area contributed by atoms with Crippen LogP contribution in [0.15, 0.2) is 70.9 Å². The predicted molar refractivity (Wildman–Crippen MR) is 82.9 cm³/mol. The molecule has 0 fully saturated rings. The second-order valence-electron chi connectivity index (χ2n) is 3.85. The summed E-state index contributed by atoms with van der Waals surface area (Å²) in [6.45, 7) is 0. The zero-order valence-corrected chi connectivity index (χ0v) is 12.1. The third-order valence-electron chi connectivity index (χ3n) is 2.56. The first-order valence-corrected chi connectivity index (χ1v) is 6.67. The smallest absolute Gasteiger partial charge is 0.263 e. The van der Waals surface area contributed by atoms with Crippen molar-refractivity contribution < 1.29 is 5.21 Å². The third kappa shape index (κ3) is 3.58. The fraction of sp³-hybridized carbons (Fsp3) is 0. The number of hydrazone groups is 1. The van der Waals surface area contributed by atoms with Crippen molar-refractivity contribution in [1.82, 2.24) is 9.77 Å². The maximum absolute atomic E-state index is 8.74. The molecule has 0 amide bonds. The number of nitrogens with zero attached hydrogens (tertiary/aromatic N) is 2. The molecule has 2 rings (SSSR count). The Hall–Kier alpha value is -2.34. The van der Waals surface area contributed by atoms with Crippen LogP contribution in [0.3, 0.4) is 0 Å². The lowest BCUT2D eigenvalue weighted by atomic mass is 10.0. The van der Waals surface area contributed by atoms with Crippen LogP contribution in [0.25, 0.3) is 0 Å². The monoisotopic (exact) mass is 332 g/mol. The minimum absolute atomic E-state index is 0.0920. The van der Waals surface area contributed by atoms with Crippen molar-refractivity contribution in [1.29, 1.82) is 0 Å². The molecule has 0 aromatic heterocycles. The van der Waals surface area contributed by atoms with E-state index < -0.39 is 0 Å². The lowest BCUT2D eigenvalue weighted by molar-refractivity contribution is 0.315. The normalized spacial score (nSPS) is 10.8. The van der Waals surface area contributed by atoms with E-state index >= 15 is 0 Å². The van der Waals surface area contributed by atoms with Crippen molar-refractivity contribution >= 4 is 27.8 Å². The summed E-state index contributed by atoms with van der Waals surface area (Å²) in [7, 11) is 0. The number of nitrogens with one attached hydrogen (secondary N) is 2. The van der Waals surface area contributed by atoms with Crippen LogP contribution >= 0.6 is 16.1 Å². The molecule has 3 N–H and O–H groups in total. The van der Waals surface area contributed by atoms with Crippen LogP contribution in [0.2, 0.25) is 0 Å². The van der Waals surface area contributed by atoms with Crippen LogP contribution in [0, 0.1) is 0 Å². The van der Waals surface area contributed by atoms with E-state index in [0.29, 0.717) is 0 Å². The van der Waals surface area contributed by atoms with Gasteiger partial charge >= 0.3 is 0 Å². The lowest BCUT2D eigenvalue weighted by Crippen LogP contribution is -2.28. The quantitative estimate of drug-likeness (QED) is 0.266. The van der Waals surface area contributed by atoms with E-state index in [1.807, 2.05) is 60.7 Å². The average Bonchev–Trinajstić information content (AvgIpc) is 2.53. The molecule has 0 radical (unpaired) electrons. The van der Waals surface area contributed by atoms with Crippen LogP contribution in [-0.2, 0) is 0 Å². The van der Waals surface area contributed by atoms with Gasteiger partial charge in [-0.25, -0.2) is 5.43 Å². The number of rotatable bonds is 3. The van der Waals surface area contributed by atoms with Gasteiger partial charge in [0.05, 0.1) is 5.71 Å². The minimum Gasteiger partial charge on any atom is -0.408 e. The molecule has 102 valence electrons. The van der Waals surface area contributed by atoms with Crippen LogP contribution in [0.5, 0.6) is 0 Å². The van der Waals surface area contributed by atoms with Gasteiger partial charge in [-0.15, -0.1) is 0 Å². The number of halogens is 1. The summed E-state index contributed by atoms with van der Waals surface area (Å²) in [4.78, 5) is 0. The summed E-state index contributed by atoms with van der Waals surface area (Å²) in [5.41, 5.74) is 5.30. The van der Waals surface area contributed by atoms with Gasteiger partial charge in [0.15, 0.2) is 0 Å². The van der Waals surface area contributed by atoms with Crippen LogP contribution in [0.4, 0.5) is 0 Å². The maximum atomic E-state index is 8.74. The van der Waals surface area contributed by atoms with Crippen molar-refractivity contribution in [3.05, 3.63) is 71.8 Å². The summed E-state index contributed by atoms with van der Waals surface area (Å²) in [6.07, 6.45) is 0. The van der Waals surface area contributed by atoms with Gasteiger partial charge in [-0.1, -0.05) is 60.7 Å². The molecule has 0 heterocycles. The minimum atomic E-state index is 0.0920. The topological polar surface area (TPSA) is 69.0 Å². The second kappa shape index (κ2) is 7.30. The molecule has 5 nitrogen and oxygen atoms in total. The van der Waals surface area contributed by atoms with Gasteiger partial charge in [-0.3, -0.25) is 4.34 Å². The van der Waals surface area contributed by atoms with Crippen molar-refractivity contribution in [3.63, 3.8) is 0 Å². The molecular formula is C14H13BrN4O. The number of guanidine groups is 1. The Balaban J connectivity index is 2.38. The van der Waals surface area contributed by atoms with E-state index in [9.17, 15) is 0 Å². The zero-order valence-electron chi connectivity index (χ0n) is 10.5. The highest BCUT2D eigenvalue weighted by Crippen LogP contribution is 2.10.